The van der Waals surface area contributed by atoms with Gasteiger partial charge in [-0.15, -0.1) is 0 Å². The fourth-order valence-electron chi connectivity index (χ4n) is 4.68. The molecule has 1 aliphatic heterocycles. The van der Waals surface area contributed by atoms with Crippen molar-refractivity contribution >= 4 is 40.9 Å². The van der Waals surface area contributed by atoms with E-state index in [0.717, 1.165) is 31.5 Å². The van der Waals surface area contributed by atoms with Gasteiger partial charge in [0, 0.05) is 49.2 Å². The van der Waals surface area contributed by atoms with Crippen LogP contribution in [0.3, 0.4) is 0 Å². The van der Waals surface area contributed by atoms with Gasteiger partial charge in [0.15, 0.2) is 0 Å². The van der Waals surface area contributed by atoms with Crippen molar-refractivity contribution in [2.75, 3.05) is 42.7 Å². The van der Waals surface area contributed by atoms with Crippen LogP contribution in [0.4, 0.5) is 22.1 Å². The number of carbonyl (C=O) groups excluding carboxylic acids is 2. The van der Waals surface area contributed by atoms with E-state index < -0.39 is 6.03 Å². The summed E-state index contributed by atoms with van der Waals surface area (Å²) in [4.78, 5) is 39.8. The van der Waals surface area contributed by atoms with Crippen molar-refractivity contribution in [1.29, 1.82) is 0 Å². The van der Waals surface area contributed by atoms with E-state index in [9.17, 15) is 9.59 Å². The van der Waals surface area contributed by atoms with Gasteiger partial charge in [0.2, 0.25) is 17.7 Å². The molecule has 0 bridgehead atoms. The number of anilines is 3. The fourth-order valence-corrected chi connectivity index (χ4v) is 4.85. The molecule has 0 atom stereocenters. The number of pyridine rings is 1. The number of rotatable bonds is 11. The molecule has 1 fully saturated rings. The van der Waals surface area contributed by atoms with E-state index in [1.165, 1.54) is 7.11 Å². The van der Waals surface area contributed by atoms with Crippen LogP contribution in [0, 0.1) is 6.92 Å². The Labute approximate surface area is 254 Å². The summed E-state index contributed by atoms with van der Waals surface area (Å²) in [5.74, 6) is 2.16. The lowest BCUT2D eigenvalue weighted by Crippen LogP contribution is -2.27. The highest BCUT2D eigenvalue weighted by molar-refractivity contribution is 6.31. The molecule has 222 valence electrons. The van der Waals surface area contributed by atoms with E-state index in [1.54, 1.807) is 54.9 Å². The Bertz CT molecular complexity index is 1620. The third kappa shape index (κ3) is 7.69. The molecule has 43 heavy (non-hydrogen) atoms. The molecule has 4 aromatic rings. The minimum absolute atomic E-state index is 0.226. The molecule has 3 heterocycles. The van der Waals surface area contributed by atoms with Gasteiger partial charge in [-0.25, -0.2) is 19.7 Å². The maximum atomic E-state index is 12.6. The smallest absolute Gasteiger partial charge is 0.323 e. The van der Waals surface area contributed by atoms with Crippen LogP contribution >= 0.6 is 11.6 Å². The van der Waals surface area contributed by atoms with Gasteiger partial charge in [-0.05, 0) is 79.9 Å². The van der Waals surface area contributed by atoms with Crippen LogP contribution in [0.1, 0.15) is 24.8 Å². The van der Waals surface area contributed by atoms with Crippen LogP contribution in [0.25, 0.3) is 11.3 Å². The van der Waals surface area contributed by atoms with Crippen molar-refractivity contribution < 1.29 is 19.1 Å². The molecule has 2 aromatic heterocycles. The summed E-state index contributed by atoms with van der Waals surface area (Å²) in [6.45, 7) is 4.08. The van der Waals surface area contributed by atoms with Crippen LogP contribution in [0.15, 0.2) is 67.0 Å². The zero-order valence-electron chi connectivity index (χ0n) is 23.9. The Balaban J connectivity index is 1.22. The second-order valence-corrected chi connectivity index (χ2v) is 10.3. The second kappa shape index (κ2) is 13.8. The van der Waals surface area contributed by atoms with E-state index in [4.69, 9.17) is 21.1 Å². The minimum atomic E-state index is -0.446. The average Bonchev–Trinajstić information content (AvgIpc) is 3.41. The molecule has 5 rings (SSSR count). The number of aromatic nitrogens is 3. The van der Waals surface area contributed by atoms with Crippen LogP contribution in [-0.4, -0.2) is 58.5 Å². The lowest BCUT2D eigenvalue weighted by molar-refractivity contribution is -0.127. The first-order valence-electron chi connectivity index (χ1n) is 13.9. The fraction of sp³-hybridized carbons (Fsp3) is 0.258. The normalized spacial score (nSPS) is 12.6. The molecule has 0 radical (unpaired) electrons. The Hall–Kier alpha value is -4.90. The van der Waals surface area contributed by atoms with Crippen molar-refractivity contribution in [3.8, 4) is 28.6 Å². The number of hydrogen-bond donors (Lipinski definition) is 3. The molecule has 12 heteroatoms. The number of halogens is 1. The summed E-state index contributed by atoms with van der Waals surface area (Å²) in [5, 5.41) is 9.28. The summed E-state index contributed by atoms with van der Waals surface area (Å²) < 4.78 is 11.5. The van der Waals surface area contributed by atoms with Gasteiger partial charge in [0.1, 0.15) is 11.5 Å². The van der Waals surface area contributed by atoms with Gasteiger partial charge in [0.05, 0.1) is 24.1 Å². The van der Waals surface area contributed by atoms with Crippen LogP contribution in [0.5, 0.6) is 17.4 Å². The van der Waals surface area contributed by atoms with E-state index in [1.807, 2.05) is 24.0 Å². The van der Waals surface area contributed by atoms with Crippen molar-refractivity contribution in [1.82, 2.24) is 19.9 Å². The number of hydrogen-bond acceptors (Lipinski definition) is 8. The minimum Gasteiger partial charge on any atom is -0.495 e. The van der Waals surface area contributed by atoms with Crippen molar-refractivity contribution in [2.24, 2.45) is 0 Å². The molecule has 0 saturated carbocycles. The highest BCUT2D eigenvalue weighted by atomic mass is 35.5. The number of nitrogens with one attached hydrogen (secondary N) is 3. The summed E-state index contributed by atoms with van der Waals surface area (Å²) >= 11 is 6.06. The number of amides is 3. The van der Waals surface area contributed by atoms with E-state index in [-0.39, 0.29) is 5.91 Å². The molecule has 11 nitrogen and oxygen atoms in total. The molecule has 1 aliphatic rings. The summed E-state index contributed by atoms with van der Waals surface area (Å²) in [7, 11) is 1.52. The lowest BCUT2D eigenvalue weighted by atomic mass is 10.2. The first kappa shape index (κ1) is 29.6. The maximum Gasteiger partial charge on any atom is 0.323 e. The highest BCUT2D eigenvalue weighted by Gasteiger charge is 2.19. The molecule has 3 amide bonds. The maximum absolute atomic E-state index is 12.6. The van der Waals surface area contributed by atoms with E-state index >= 15 is 0 Å². The number of likely N-dealkylation sites (tertiary alicyclic amines) is 1. The largest absolute Gasteiger partial charge is 0.495 e. The predicted molar refractivity (Wildman–Crippen MR) is 166 cm³/mol. The first-order chi connectivity index (χ1) is 20.9. The average molecular weight is 602 g/mol. The first-order valence-corrected chi connectivity index (χ1v) is 14.3. The SMILES string of the molecule is COc1ccc(Cl)cc1NC(=O)Nc1ccc(Oc2ncccc2-c2ccnc(NCCCN3CCCC3=O)n2)c(C)c1. The van der Waals surface area contributed by atoms with Gasteiger partial charge < -0.3 is 30.3 Å². The molecule has 1 saturated heterocycles. The van der Waals surface area contributed by atoms with Gasteiger partial charge in [-0.3, -0.25) is 4.79 Å². The number of carbonyl (C=O) groups is 2. The summed E-state index contributed by atoms with van der Waals surface area (Å²) in [5.41, 5.74) is 3.17. The third-order valence-electron chi connectivity index (χ3n) is 6.81. The number of ether oxygens (including phenoxy) is 2. The molecule has 3 N–H and O–H groups in total. The number of urea groups is 1. The van der Waals surface area contributed by atoms with Crippen molar-refractivity contribution in [3.63, 3.8) is 0 Å². The summed E-state index contributed by atoms with van der Waals surface area (Å²) in [6, 6.07) is 15.3. The molecule has 0 aliphatic carbocycles. The quantitative estimate of drug-likeness (QED) is 0.169. The highest BCUT2D eigenvalue weighted by Crippen LogP contribution is 2.33. The Kier molecular flexibility index (Phi) is 9.52. The van der Waals surface area contributed by atoms with Crippen LogP contribution < -0.4 is 25.4 Å². The Morgan fingerprint density at radius 2 is 1.91 bits per heavy atom. The third-order valence-corrected chi connectivity index (χ3v) is 7.05. The number of methoxy groups -OCH3 is 1. The summed E-state index contributed by atoms with van der Waals surface area (Å²) in [6.07, 6.45) is 5.72. The molecule has 2 aromatic carbocycles. The number of nitrogens with zero attached hydrogens (tertiary/aromatic N) is 4. The molecule has 0 unspecified atom stereocenters. The lowest BCUT2D eigenvalue weighted by Gasteiger charge is -2.15. The van der Waals surface area contributed by atoms with Crippen LogP contribution in [-0.2, 0) is 4.79 Å². The molecule has 0 spiro atoms. The zero-order chi connectivity index (χ0) is 30.2. The van der Waals surface area contributed by atoms with E-state index in [0.29, 0.717) is 63.9 Å². The number of aryl methyl sites for hydroxylation is 1. The second-order valence-electron chi connectivity index (χ2n) is 9.89. The topological polar surface area (TPSA) is 131 Å². The molecular formula is C31H32ClN7O4. The monoisotopic (exact) mass is 601 g/mol. The molecular weight excluding hydrogens is 570 g/mol. The van der Waals surface area contributed by atoms with Gasteiger partial charge in [0.25, 0.3) is 0 Å². The van der Waals surface area contributed by atoms with Gasteiger partial charge in [-0.1, -0.05) is 11.6 Å². The predicted octanol–water partition coefficient (Wildman–Crippen LogP) is 6.37. The zero-order valence-corrected chi connectivity index (χ0v) is 24.6. The standard InChI is InChI=1S/C31H32ClN7O4/c1-20-18-22(36-31(41)38-25-19-21(32)8-10-27(25)42-2)9-11-26(20)43-29-23(6-3-13-33-29)24-12-15-35-30(37-24)34-14-5-17-39-16-4-7-28(39)40/h3,6,8-13,15,18-19H,4-5,7,14,16-17H2,1-2H3,(H,34,35,37)(H2,36,38,41). The van der Waals surface area contributed by atoms with Crippen molar-refractivity contribution in [2.45, 2.75) is 26.2 Å². The Morgan fingerprint density at radius 3 is 2.70 bits per heavy atom. The van der Waals surface area contributed by atoms with Crippen LogP contribution in [0.2, 0.25) is 5.02 Å². The van der Waals surface area contributed by atoms with E-state index in [2.05, 4.69) is 30.9 Å². The van der Waals surface area contributed by atoms with Gasteiger partial charge >= 0.3 is 6.03 Å². The Morgan fingerprint density at radius 1 is 1.05 bits per heavy atom. The van der Waals surface area contributed by atoms with Crippen molar-refractivity contribution in [3.05, 3.63) is 77.6 Å². The van der Waals surface area contributed by atoms with Gasteiger partial charge in [-0.2, -0.15) is 0 Å². The number of benzene rings is 2.